The van der Waals surface area contributed by atoms with Crippen molar-refractivity contribution in [3.63, 3.8) is 0 Å². The van der Waals surface area contributed by atoms with Crippen LogP contribution in [0.25, 0.3) is 0 Å². The predicted octanol–water partition coefficient (Wildman–Crippen LogP) is 3.43. The van der Waals surface area contributed by atoms with E-state index in [9.17, 15) is 4.79 Å². The summed E-state index contributed by atoms with van der Waals surface area (Å²) in [6.45, 7) is 4.28. The average Bonchev–Trinajstić information content (AvgIpc) is 2.30. The highest BCUT2D eigenvalue weighted by Crippen LogP contribution is 2.25. The molecular weight excluding hydrogens is 304 g/mol. The first kappa shape index (κ1) is 14.3. The van der Waals surface area contributed by atoms with Crippen LogP contribution in [-0.2, 0) is 4.79 Å². The second-order valence-corrected chi connectivity index (χ2v) is 5.12. The predicted molar refractivity (Wildman–Crippen MR) is 75.5 cm³/mol. The molecule has 0 bridgehead atoms. The molecule has 94 valence electrons. The van der Waals surface area contributed by atoms with Gasteiger partial charge in [-0.2, -0.15) is 0 Å². The van der Waals surface area contributed by atoms with Gasteiger partial charge in [0.05, 0.1) is 11.6 Å². The van der Waals surface area contributed by atoms with Gasteiger partial charge in [-0.05, 0) is 47.5 Å². The van der Waals surface area contributed by atoms with Crippen molar-refractivity contribution < 1.29 is 4.79 Å². The van der Waals surface area contributed by atoms with Crippen LogP contribution in [0.4, 0.5) is 5.69 Å². The number of benzene rings is 1. The van der Waals surface area contributed by atoms with Crippen molar-refractivity contribution >= 4 is 39.1 Å². The lowest BCUT2D eigenvalue weighted by Gasteiger charge is -2.12. The Bertz CT molecular complexity index is 398. The molecule has 3 nitrogen and oxygen atoms in total. The molecule has 0 spiro atoms. The van der Waals surface area contributed by atoms with Crippen LogP contribution in [0.1, 0.15) is 20.3 Å². The molecule has 2 N–H and O–H groups in total. The first-order valence-corrected chi connectivity index (χ1v) is 6.68. The molecular formula is C12H16BrClN2O. The number of carbonyl (C=O) groups excluding carboxylic acids is 1. The molecule has 0 aliphatic rings. The molecule has 5 heteroatoms. The Morgan fingerprint density at radius 2 is 2.24 bits per heavy atom. The molecule has 0 radical (unpaired) electrons. The van der Waals surface area contributed by atoms with Gasteiger partial charge < -0.3 is 10.6 Å². The molecule has 0 heterocycles. The van der Waals surface area contributed by atoms with Crippen LogP contribution >= 0.6 is 27.5 Å². The summed E-state index contributed by atoms with van der Waals surface area (Å²) in [7, 11) is 0. The van der Waals surface area contributed by atoms with Crippen LogP contribution in [0.3, 0.4) is 0 Å². The Labute approximate surface area is 115 Å². The summed E-state index contributed by atoms with van der Waals surface area (Å²) >= 11 is 9.21. The maximum atomic E-state index is 11.5. The molecule has 0 saturated carbocycles. The smallest absolute Gasteiger partial charge is 0.239 e. The van der Waals surface area contributed by atoms with Gasteiger partial charge in [-0.3, -0.25) is 4.79 Å². The van der Waals surface area contributed by atoms with Gasteiger partial charge in [-0.15, -0.1) is 0 Å². The average molecular weight is 320 g/mol. The first-order valence-electron chi connectivity index (χ1n) is 5.51. The Morgan fingerprint density at radius 3 is 2.82 bits per heavy atom. The number of carbonyl (C=O) groups is 1. The molecule has 1 aromatic carbocycles. The zero-order chi connectivity index (χ0) is 12.8. The Hall–Kier alpha value is -0.740. The minimum absolute atomic E-state index is 0.00887. The van der Waals surface area contributed by atoms with Gasteiger partial charge in [0.1, 0.15) is 0 Å². The van der Waals surface area contributed by atoms with E-state index < -0.39 is 0 Å². The number of halogens is 2. The van der Waals surface area contributed by atoms with Crippen LogP contribution in [0.15, 0.2) is 22.7 Å². The van der Waals surface area contributed by atoms with Gasteiger partial charge >= 0.3 is 0 Å². The van der Waals surface area contributed by atoms with Gasteiger partial charge in [0, 0.05) is 16.2 Å². The minimum Gasteiger partial charge on any atom is -0.376 e. The minimum atomic E-state index is -0.00887. The summed E-state index contributed by atoms with van der Waals surface area (Å²) in [4.78, 5) is 11.5. The molecule has 0 saturated heterocycles. The summed E-state index contributed by atoms with van der Waals surface area (Å²) in [6.07, 6.45) is 0.929. The molecule has 0 fully saturated rings. The van der Waals surface area contributed by atoms with Crippen LogP contribution in [-0.4, -0.2) is 18.5 Å². The lowest BCUT2D eigenvalue weighted by Crippen LogP contribution is -2.36. The highest BCUT2D eigenvalue weighted by atomic mass is 79.9. The van der Waals surface area contributed by atoms with E-state index >= 15 is 0 Å². The van der Waals surface area contributed by atoms with Crippen molar-refractivity contribution in [3.05, 3.63) is 27.7 Å². The standard InChI is InChI=1S/C12H16BrClN2O/c1-3-8(2)16-12(17)7-15-9-4-5-11(14)10(13)6-9/h4-6,8,15H,3,7H2,1-2H3,(H,16,17). The zero-order valence-corrected chi connectivity index (χ0v) is 12.2. The fraction of sp³-hybridized carbons (Fsp3) is 0.417. The summed E-state index contributed by atoms with van der Waals surface area (Å²) in [5.41, 5.74) is 0.862. The SMILES string of the molecule is CCC(C)NC(=O)CNc1ccc(Cl)c(Br)c1. The topological polar surface area (TPSA) is 41.1 Å². The number of hydrogen-bond donors (Lipinski definition) is 2. The van der Waals surface area contributed by atoms with E-state index in [-0.39, 0.29) is 18.5 Å². The number of nitrogens with one attached hydrogen (secondary N) is 2. The number of rotatable bonds is 5. The Morgan fingerprint density at radius 1 is 1.53 bits per heavy atom. The largest absolute Gasteiger partial charge is 0.376 e. The van der Waals surface area contributed by atoms with E-state index in [0.29, 0.717) is 5.02 Å². The van der Waals surface area contributed by atoms with Crippen molar-refractivity contribution in [2.75, 3.05) is 11.9 Å². The van der Waals surface area contributed by atoms with Gasteiger partial charge in [0.15, 0.2) is 0 Å². The maximum absolute atomic E-state index is 11.5. The zero-order valence-electron chi connectivity index (χ0n) is 9.89. The maximum Gasteiger partial charge on any atom is 0.239 e. The van der Waals surface area contributed by atoms with Crippen molar-refractivity contribution in [2.24, 2.45) is 0 Å². The molecule has 1 atom stereocenters. The van der Waals surface area contributed by atoms with Crippen molar-refractivity contribution in [1.82, 2.24) is 5.32 Å². The van der Waals surface area contributed by atoms with E-state index in [1.807, 2.05) is 26.0 Å². The molecule has 0 aliphatic carbocycles. The van der Waals surface area contributed by atoms with Gasteiger partial charge in [-0.1, -0.05) is 18.5 Å². The van der Waals surface area contributed by atoms with Gasteiger partial charge in [0.2, 0.25) is 5.91 Å². The normalized spacial score (nSPS) is 12.0. The van der Waals surface area contributed by atoms with E-state index in [4.69, 9.17) is 11.6 Å². The lowest BCUT2D eigenvalue weighted by atomic mass is 10.2. The molecule has 1 rings (SSSR count). The second kappa shape index (κ2) is 6.87. The highest BCUT2D eigenvalue weighted by molar-refractivity contribution is 9.10. The summed E-state index contributed by atoms with van der Waals surface area (Å²) in [6, 6.07) is 5.67. The molecule has 17 heavy (non-hydrogen) atoms. The van der Waals surface area contributed by atoms with Crippen molar-refractivity contribution in [3.8, 4) is 0 Å². The molecule has 1 aromatic rings. The third-order valence-electron chi connectivity index (χ3n) is 2.39. The third-order valence-corrected chi connectivity index (χ3v) is 3.61. The van der Waals surface area contributed by atoms with Gasteiger partial charge in [0.25, 0.3) is 0 Å². The fourth-order valence-electron chi connectivity index (χ4n) is 1.22. The van der Waals surface area contributed by atoms with Crippen LogP contribution < -0.4 is 10.6 Å². The van der Waals surface area contributed by atoms with E-state index in [2.05, 4.69) is 26.6 Å². The number of hydrogen-bond acceptors (Lipinski definition) is 2. The monoisotopic (exact) mass is 318 g/mol. The summed E-state index contributed by atoms with van der Waals surface area (Å²) < 4.78 is 0.812. The Kier molecular flexibility index (Phi) is 5.78. The van der Waals surface area contributed by atoms with Gasteiger partial charge in [-0.25, -0.2) is 0 Å². The molecule has 1 amide bonds. The summed E-state index contributed by atoms with van der Waals surface area (Å²) in [5, 5.41) is 6.58. The fourth-order valence-corrected chi connectivity index (χ4v) is 1.71. The van der Waals surface area contributed by atoms with Crippen LogP contribution in [0, 0.1) is 0 Å². The molecule has 0 aliphatic heterocycles. The van der Waals surface area contributed by atoms with E-state index in [0.717, 1.165) is 16.6 Å². The van der Waals surface area contributed by atoms with E-state index in [1.165, 1.54) is 0 Å². The summed E-state index contributed by atoms with van der Waals surface area (Å²) in [5.74, 6) is -0.00887. The molecule has 0 aromatic heterocycles. The number of anilines is 1. The quantitative estimate of drug-likeness (QED) is 0.873. The Balaban J connectivity index is 2.45. The van der Waals surface area contributed by atoms with Crippen LogP contribution in [0.5, 0.6) is 0 Å². The van der Waals surface area contributed by atoms with Crippen molar-refractivity contribution in [1.29, 1.82) is 0 Å². The lowest BCUT2D eigenvalue weighted by molar-refractivity contribution is -0.120. The van der Waals surface area contributed by atoms with E-state index in [1.54, 1.807) is 6.07 Å². The number of amides is 1. The third kappa shape index (κ3) is 4.96. The van der Waals surface area contributed by atoms with Crippen LogP contribution in [0.2, 0.25) is 5.02 Å². The first-order chi connectivity index (χ1) is 8.02. The second-order valence-electron chi connectivity index (χ2n) is 3.86. The molecule has 1 unspecified atom stereocenters. The van der Waals surface area contributed by atoms with Crippen molar-refractivity contribution in [2.45, 2.75) is 26.3 Å². The highest BCUT2D eigenvalue weighted by Gasteiger charge is 2.05.